The summed E-state index contributed by atoms with van der Waals surface area (Å²) in [6.45, 7) is 0.712. The minimum absolute atomic E-state index is 0.0456. The van der Waals surface area contributed by atoms with E-state index in [2.05, 4.69) is 4.74 Å². The van der Waals surface area contributed by atoms with Gasteiger partial charge in [0.25, 0.3) is 5.91 Å². The maximum absolute atomic E-state index is 12.9. The molecule has 0 aromatic heterocycles. The van der Waals surface area contributed by atoms with Gasteiger partial charge in [-0.15, -0.1) is 0 Å². The van der Waals surface area contributed by atoms with E-state index in [4.69, 9.17) is 0 Å². The van der Waals surface area contributed by atoms with Gasteiger partial charge in [0.15, 0.2) is 9.84 Å². The molecular formula is C17H22N2O6S. The molecule has 1 aromatic carbocycles. The number of rotatable bonds is 6. The molecule has 2 rings (SSSR count). The van der Waals surface area contributed by atoms with E-state index in [-0.39, 0.29) is 29.2 Å². The van der Waals surface area contributed by atoms with Crippen LogP contribution in [0.3, 0.4) is 0 Å². The lowest BCUT2D eigenvalue weighted by Gasteiger charge is -2.28. The van der Waals surface area contributed by atoms with E-state index in [0.717, 1.165) is 6.26 Å². The number of carbonyl (C=O) groups excluding carboxylic acids is 3. The molecule has 2 amide bonds. The molecule has 1 aliphatic rings. The number of hydrogen-bond acceptors (Lipinski definition) is 6. The molecule has 0 radical (unpaired) electrons. The number of hydrazine groups is 1. The molecule has 1 heterocycles. The van der Waals surface area contributed by atoms with Gasteiger partial charge in [-0.1, -0.05) is 12.1 Å². The van der Waals surface area contributed by atoms with E-state index in [1.54, 1.807) is 12.1 Å². The lowest BCUT2D eigenvalue weighted by Crippen LogP contribution is -2.45. The van der Waals surface area contributed by atoms with Gasteiger partial charge in [0, 0.05) is 32.2 Å². The Kier molecular flexibility index (Phi) is 6.36. The average molecular weight is 382 g/mol. The summed E-state index contributed by atoms with van der Waals surface area (Å²) in [5.41, 5.74) is 0.0456. The van der Waals surface area contributed by atoms with Crippen molar-refractivity contribution in [2.75, 3.05) is 26.5 Å². The maximum Gasteiger partial charge on any atom is 0.305 e. The first kappa shape index (κ1) is 19.9. The summed E-state index contributed by atoms with van der Waals surface area (Å²) in [6, 6.07) is 5.95. The highest BCUT2D eigenvalue weighted by Crippen LogP contribution is 2.22. The lowest BCUT2D eigenvalue weighted by molar-refractivity contribution is -0.142. The molecule has 1 aliphatic heterocycles. The van der Waals surface area contributed by atoms with E-state index in [1.165, 1.54) is 29.3 Å². The Morgan fingerprint density at radius 2 is 1.73 bits per heavy atom. The summed E-state index contributed by atoms with van der Waals surface area (Å²) >= 11 is 0. The minimum Gasteiger partial charge on any atom is -0.469 e. The van der Waals surface area contributed by atoms with Crippen molar-refractivity contribution >= 4 is 27.6 Å². The number of benzene rings is 1. The average Bonchev–Trinajstić information content (AvgIpc) is 3.09. The van der Waals surface area contributed by atoms with E-state index in [1.807, 2.05) is 0 Å². The molecule has 0 atom stereocenters. The van der Waals surface area contributed by atoms with Crippen LogP contribution in [0.25, 0.3) is 0 Å². The summed E-state index contributed by atoms with van der Waals surface area (Å²) < 4.78 is 28.4. The van der Waals surface area contributed by atoms with E-state index >= 15 is 0 Å². The van der Waals surface area contributed by atoms with Gasteiger partial charge in [-0.2, -0.15) is 0 Å². The Labute approximate surface area is 152 Å². The van der Waals surface area contributed by atoms with Crippen LogP contribution >= 0.6 is 0 Å². The van der Waals surface area contributed by atoms with Crippen molar-refractivity contribution in [3.8, 4) is 0 Å². The van der Waals surface area contributed by atoms with Crippen molar-refractivity contribution in [3.63, 3.8) is 0 Å². The van der Waals surface area contributed by atoms with Gasteiger partial charge in [-0.05, 0) is 25.0 Å². The Balaban J connectivity index is 2.14. The third kappa shape index (κ3) is 4.60. The Hall–Kier alpha value is -2.42. The molecule has 0 aliphatic carbocycles. The molecule has 0 spiro atoms. The molecule has 1 saturated heterocycles. The number of methoxy groups -OCH3 is 1. The SMILES string of the molecule is COC(=O)CCCC(=O)N1CCCN1C(=O)c1ccccc1S(C)(=O)=O. The quantitative estimate of drug-likeness (QED) is 0.681. The fourth-order valence-corrected chi connectivity index (χ4v) is 3.68. The number of sulfone groups is 1. The molecule has 0 N–H and O–H groups in total. The molecule has 8 nitrogen and oxygen atoms in total. The highest BCUT2D eigenvalue weighted by atomic mass is 32.2. The van der Waals surface area contributed by atoms with E-state index in [0.29, 0.717) is 25.9 Å². The highest BCUT2D eigenvalue weighted by Gasteiger charge is 2.33. The van der Waals surface area contributed by atoms with Gasteiger partial charge in [0.2, 0.25) is 5.91 Å². The van der Waals surface area contributed by atoms with Crippen molar-refractivity contribution in [1.82, 2.24) is 10.0 Å². The van der Waals surface area contributed by atoms with Crippen molar-refractivity contribution < 1.29 is 27.5 Å². The summed E-state index contributed by atoms with van der Waals surface area (Å²) in [4.78, 5) is 36.3. The van der Waals surface area contributed by atoms with Crippen LogP contribution in [0.2, 0.25) is 0 Å². The van der Waals surface area contributed by atoms with Gasteiger partial charge < -0.3 is 4.74 Å². The summed E-state index contributed by atoms with van der Waals surface area (Å²) in [7, 11) is -2.29. The van der Waals surface area contributed by atoms with Crippen LogP contribution in [-0.2, 0) is 24.2 Å². The summed E-state index contributed by atoms with van der Waals surface area (Å²) in [5, 5.41) is 2.61. The smallest absolute Gasteiger partial charge is 0.305 e. The van der Waals surface area contributed by atoms with Crippen LogP contribution in [0.5, 0.6) is 0 Å². The molecule has 142 valence electrons. The second-order valence-electron chi connectivity index (χ2n) is 6.00. The van der Waals surface area contributed by atoms with Gasteiger partial charge in [-0.3, -0.25) is 19.4 Å². The lowest BCUT2D eigenvalue weighted by atomic mass is 10.2. The first-order valence-corrected chi connectivity index (χ1v) is 10.1. The van der Waals surface area contributed by atoms with E-state index in [9.17, 15) is 22.8 Å². The normalized spacial score (nSPS) is 14.4. The van der Waals surface area contributed by atoms with Gasteiger partial charge in [0.1, 0.15) is 0 Å². The third-order valence-electron chi connectivity index (χ3n) is 4.07. The monoisotopic (exact) mass is 382 g/mol. The maximum atomic E-state index is 12.9. The summed E-state index contributed by atoms with van der Waals surface area (Å²) in [5.74, 6) is -1.20. The van der Waals surface area contributed by atoms with Crippen molar-refractivity contribution in [2.24, 2.45) is 0 Å². The predicted octanol–water partition coefficient (Wildman–Crippen LogP) is 1.02. The number of esters is 1. The minimum atomic E-state index is -3.57. The predicted molar refractivity (Wildman–Crippen MR) is 92.8 cm³/mol. The Morgan fingerprint density at radius 1 is 1.08 bits per heavy atom. The number of carbonyl (C=O) groups is 3. The van der Waals surface area contributed by atoms with Crippen LogP contribution < -0.4 is 0 Å². The van der Waals surface area contributed by atoms with Crippen LogP contribution in [0, 0.1) is 0 Å². The standard InChI is InChI=1S/C17H22N2O6S/c1-25-16(21)10-5-9-15(20)18-11-6-12-19(18)17(22)13-7-3-4-8-14(13)26(2,23)24/h3-4,7-8H,5-6,9-12H2,1-2H3. The Bertz CT molecular complexity index is 805. The number of hydrogen-bond donors (Lipinski definition) is 0. The second kappa shape index (κ2) is 8.31. The molecule has 0 unspecified atom stereocenters. The van der Waals surface area contributed by atoms with Gasteiger partial charge >= 0.3 is 5.97 Å². The first-order chi connectivity index (χ1) is 12.3. The van der Waals surface area contributed by atoms with Gasteiger partial charge in [0.05, 0.1) is 17.6 Å². The second-order valence-corrected chi connectivity index (χ2v) is 7.98. The van der Waals surface area contributed by atoms with Crippen molar-refractivity contribution in [1.29, 1.82) is 0 Å². The van der Waals surface area contributed by atoms with Crippen molar-refractivity contribution in [3.05, 3.63) is 29.8 Å². The molecular weight excluding hydrogens is 360 g/mol. The van der Waals surface area contributed by atoms with Crippen LogP contribution in [0.15, 0.2) is 29.2 Å². The fraction of sp³-hybridized carbons (Fsp3) is 0.471. The first-order valence-electron chi connectivity index (χ1n) is 8.23. The molecule has 26 heavy (non-hydrogen) atoms. The zero-order valence-electron chi connectivity index (χ0n) is 14.8. The highest BCUT2D eigenvalue weighted by molar-refractivity contribution is 7.90. The third-order valence-corrected chi connectivity index (χ3v) is 5.22. The van der Waals surface area contributed by atoms with E-state index < -0.39 is 21.7 Å². The van der Waals surface area contributed by atoms with Crippen LogP contribution in [0.4, 0.5) is 0 Å². The summed E-state index contributed by atoms with van der Waals surface area (Å²) in [6.07, 6.45) is 2.20. The van der Waals surface area contributed by atoms with Crippen LogP contribution in [0.1, 0.15) is 36.0 Å². The molecule has 0 bridgehead atoms. The van der Waals surface area contributed by atoms with Crippen LogP contribution in [-0.4, -0.2) is 62.7 Å². The largest absolute Gasteiger partial charge is 0.469 e. The fourth-order valence-electron chi connectivity index (χ4n) is 2.80. The topological polar surface area (TPSA) is 101 Å². The van der Waals surface area contributed by atoms with Gasteiger partial charge in [-0.25, -0.2) is 13.4 Å². The number of ether oxygens (including phenoxy) is 1. The molecule has 1 aromatic rings. The zero-order valence-corrected chi connectivity index (χ0v) is 15.6. The molecule has 1 fully saturated rings. The molecule has 9 heteroatoms. The number of nitrogens with zero attached hydrogens (tertiary/aromatic N) is 2. The van der Waals surface area contributed by atoms with Crippen molar-refractivity contribution in [2.45, 2.75) is 30.6 Å². The molecule has 0 saturated carbocycles. The Morgan fingerprint density at radius 3 is 2.38 bits per heavy atom. The zero-order chi connectivity index (χ0) is 19.3. The number of amides is 2.